The van der Waals surface area contributed by atoms with E-state index in [1.807, 2.05) is 24.3 Å². The van der Waals surface area contributed by atoms with E-state index >= 15 is 0 Å². The van der Waals surface area contributed by atoms with Crippen LogP contribution in [0, 0.1) is 0 Å². The lowest BCUT2D eigenvalue weighted by Gasteiger charge is -2.13. The number of fused-ring (bicyclic) bond motifs is 1. The quantitative estimate of drug-likeness (QED) is 0.791. The van der Waals surface area contributed by atoms with Crippen LogP contribution in [0.25, 0.3) is 0 Å². The highest BCUT2D eigenvalue weighted by molar-refractivity contribution is 5.85. The fraction of sp³-hybridized carbons (Fsp3) is 0.500. The summed E-state index contributed by atoms with van der Waals surface area (Å²) in [6, 6.07) is 7.60. The molecule has 1 aromatic rings. The summed E-state index contributed by atoms with van der Waals surface area (Å²) in [6.07, 6.45) is 0.703. The number of benzene rings is 1. The van der Waals surface area contributed by atoms with Crippen molar-refractivity contribution < 1.29 is 14.3 Å². The molecule has 19 heavy (non-hydrogen) atoms. The average Bonchev–Trinajstić information content (AvgIpc) is 2.82. The highest BCUT2D eigenvalue weighted by atomic mass is 16.5. The summed E-state index contributed by atoms with van der Waals surface area (Å²) >= 11 is 0. The Morgan fingerprint density at radius 1 is 1.58 bits per heavy atom. The van der Waals surface area contributed by atoms with Crippen LogP contribution in [0.3, 0.4) is 0 Å². The largest absolute Gasteiger partial charge is 0.492 e. The predicted octanol–water partition coefficient (Wildman–Crippen LogP) is 0.643. The van der Waals surface area contributed by atoms with Gasteiger partial charge in [-0.2, -0.15) is 0 Å². The number of methoxy groups -OCH3 is 1. The minimum Gasteiger partial charge on any atom is -0.492 e. The molecule has 2 atom stereocenters. The van der Waals surface area contributed by atoms with Gasteiger partial charge in [-0.15, -0.1) is 0 Å². The monoisotopic (exact) mass is 264 g/mol. The first-order valence-corrected chi connectivity index (χ1v) is 6.46. The van der Waals surface area contributed by atoms with E-state index in [1.165, 1.54) is 0 Å². The topological polar surface area (TPSA) is 73.6 Å². The van der Waals surface area contributed by atoms with Crippen LogP contribution < -0.4 is 15.8 Å². The average molecular weight is 264 g/mol. The Kier molecular flexibility index (Phi) is 4.76. The minimum atomic E-state index is -0.213. The Morgan fingerprint density at radius 2 is 2.37 bits per heavy atom. The molecule has 0 saturated carbocycles. The summed E-state index contributed by atoms with van der Waals surface area (Å²) in [7, 11) is 1.62. The SMILES string of the molecule is COCC(N)CCNC(=O)C1COc2ccccc21. The fourth-order valence-corrected chi connectivity index (χ4v) is 2.18. The summed E-state index contributed by atoms with van der Waals surface area (Å²) in [5, 5.41) is 2.90. The number of amides is 1. The summed E-state index contributed by atoms with van der Waals surface area (Å²) in [6.45, 7) is 1.47. The van der Waals surface area contributed by atoms with Crippen molar-refractivity contribution in [2.75, 3.05) is 26.9 Å². The lowest BCUT2D eigenvalue weighted by molar-refractivity contribution is -0.122. The Balaban J connectivity index is 1.82. The summed E-state index contributed by atoms with van der Waals surface area (Å²) in [5.74, 6) is 0.586. The number of hydrogen-bond acceptors (Lipinski definition) is 4. The van der Waals surface area contributed by atoms with E-state index in [1.54, 1.807) is 7.11 Å². The second-order valence-electron chi connectivity index (χ2n) is 4.70. The Bertz CT molecular complexity index is 436. The normalized spacial score (nSPS) is 18.5. The van der Waals surface area contributed by atoms with Crippen LogP contribution in [0.4, 0.5) is 0 Å². The molecule has 0 radical (unpaired) electrons. The molecule has 5 heteroatoms. The molecule has 1 aliphatic heterocycles. The zero-order valence-electron chi connectivity index (χ0n) is 11.1. The number of carbonyl (C=O) groups excluding carboxylic acids is 1. The van der Waals surface area contributed by atoms with Crippen LogP contribution in [0.5, 0.6) is 5.75 Å². The summed E-state index contributed by atoms with van der Waals surface area (Å²) in [4.78, 5) is 12.1. The van der Waals surface area contributed by atoms with Crippen LogP contribution in [0.2, 0.25) is 0 Å². The van der Waals surface area contributed by atoms with Gasteiger partial charge in [-0.3, -0.25) is 4.79 Å². The number of nitrogens with one attached hydrogen (secondary N) is 1. The summed E-state index contributed by atoms with van der Waals surface area (Å²) < 4.78 is 10.4. The van der Waals surface area contributed by atoms with Crippen LogP contribution in [-0.2, 0) is 9.53 Å². The molecule has 5 nitrogen and oxygen atoms in total. The molecule has 104 valence electrons. The van der Waals surface area contributed by atoms with Gasteiger partial charge < -0.3 is 20.5 Å². The second-order valence-corrected chi connectivity index (χ2v) is 4.70. The van der Waals surface area contributed by atoms with Crippen molar-refractivity contribution in [2.45, 2.75) is 18.4 Å². The molecule has 0 spiro atoms. The van der Waals surface area contributed by atoms with Gasteiger partial charge in [0.25, 0.3) is 0 Å². The first-order valence-electron chi connectivity index (χ1n) is 6.46. The lowest BCUT2D eigenvalue weighted by Crippen LogP contribution is -2.35. The van der Waals surface area contributed by atoms with Crippen molar-refractivity contribution in [1.82, 2.24) is 5.32 Å². The molecule has 1 aromatic carbocycles. The molecule has 0 aromatic heterocycles. The standard InChI is InChI=1S/C14H20N2O3/c1-18-8-10(15)6-7-16-14(17)12-9-19-13-5-3-2-4-11(12)13/h2-5,10,12H,6-9,15H2,1H3,(H,16,17). The molecule has 0 bridgehead atoms. The lowest BCUT2D eigenvalue weighted by atomic mass is 10.0. The third-order valence-corrected chi connectivity index (χ3v) is 3.21. The second kappa shape index (κ2) is 6.54. The van der Waals surface area contributed by atoms with E-state index in [2.05, 4.69) is 5.32 Å². The number of hydrogen-bond donors (Lipinski definition) is 2. The molecular weight excluding hydrogens is 244 g/mol. The molecule has 3 N–H and O–H groups in total. The fourth-order valence-electron chi connectivity index (χ4n) is 2.18. The van der Waals surface area contributed by atoms with E-state index in [9.17, 15) is 4.79 Å². The highest BCUT2D eigenvalue weighted by Crippen LogP contribution is 2.33. The van der Waals surface area contributed by atoms with Crippen molar-refractivity contribution in [1.29, 1.82) is 0 Å². The van der Waals surface area contributed by atoms with Crippen LogP contribution in [0.1, 0.15) is 17.9 Å². The van der Waals surface area contributed by atoms with E-state index in [0.29, 0.717) is 26.2 Å². The molecule has 2 unspecified atom stereocenters. The number of nitrogens with two attached hydrogens (primary N) is 1. The maximum Gasteiger partial charge on any atom is 0.231 e. The molecule has 1 heterocycles. The van der Waals surface area contributed by atoms with Gasteiger partial charge >= 0.3 is 0 Å². The van der Waals surface area contributed by atoms with Crippen LogP contribution >= 0.6 is 0 Å². The zero-order valence-corrected chi connectivity index (χ0v) is 11.1. The van der Waals surface area contributed by atoms with Crippen molar-refractivity contribution in [3.63, 3.8) is 0 Å². The van der Waals surface area contributed by atoms with Gasteiger partial charge in [-0.05, 0) is 12.5 Å². The minimum absolute atomic E-state index is 0.00503. The first kappa shape index (κ1) is 13.8. The van der Waals surface area contributed by atoms with Crippen molar-refractivity contribution in [3.8, 4) is 5.75 Å². The van der Waals surface area contributed by atoms with Gasteiger partial charge in [0.1, 0.15) is 18.3 Å². The molecule has 2 rings (SSSR count). The third kappa shape index (κ3) is 3.45. The Morgan fingerprint density at radius 3 is 3.16 bits per heavy atom. The molecular formula is C14H20N2O3. The zero-order chi connectivity index (χ0) is 13.7. The van der Waals surface area contributed by atoms with Gasteiger partial charge in [0.15, 0.2) is 0 Å². The van der Waals surface area contributed by atoms with Gasteiger partial charge in [-0.25, -0.2) is 0 Å². The van der Waals surface area contributed by atoms with Gasteiger partial charge in [-0.1, -0.05) is 18.2 Å². The third-order valence-electron chi connectivity index (χ3n) is 3.21. The number of carbonyl (C=O) groups is 1. The van der Waals surface area contributed by atoms with Gasteiger partial charge in [0.05, 0.1) is 6.61 Å². The number of ether oxygens (including phenoxy) is 2. The molecule has 1 amide bonds. The highest BCUT2D eigenvalue weighted by Gasteiger charge is 2.29. The smallest absolute Gasteiger partial charge is 0.231 e. The number of para-hydroxylation sites is 1. The first-order chi connectivity index (χ1) is 9.22. The van der Waals surface area contributed by atoms with Gasteiger partial charge in [0, 0.05) is 25.3 Å². The van der Waals surface area contributed by atoms with E-state index in [-0.39, 0.29) is 17.9 Å². The summed E-state index contributed by atoms with van der Waals surface area (Å²) in [5.41, 5.74) is 6.76. The van der Waals surface area contributed by atoms with Crippen molar-refractivity contribution in [3.05, 3.63) is 29.8 Å². The molecule has 0 saturated heterocycles. The van der Waals surface area contributed by atoms with E-state index < -0.39 is 0 Å². The predicted molar refractivity (Wildman–Crippen MR) is 72.2 cm³/mol. The Labute approximate surface area is 113 Å². The van der Waals surface area contributed by atoms with Crippen LogP contribution in [0.15, 0.2) is 24.3 Å². The van der Waals surface area contributed by atoms with Gasteiger partial charge in [0.2, 0.25) is 5.91 Å². The van der Waals surface area contributed by atoms with E-state index in [0.717, 1.165) is 11.3 Å². The molecule has 1 aliphatic rings. The van der Waals surface area contributed by atoms with E-state index in [4.69, 9.17) is 15.2 Å². The Hall–Kier alpha value is -1.59. The van der Waals surface area contributed by atoms with Crippen LogP contribution in [-0.4, -0.2) is 38.8 Å². The molecule has 0 fully saturated rings. The molecule has 0 aliphatic carbocycles. The van der Waals surface area contributed by atoms with Crippen molar-refractivity contribution in [2.24, 2.45) is 5.73 Å². The number of rotatable bonds is 6. The van der Waals surface area contributed by atoms with Crippen molar-refractivity contribution >= 4 is 5.91 Å². The maximum atomic E-state index is 12.1. The maximum absolute atomic E-state index is 12.1.